The van der Waals surface area contributed by atoms with Crippen LogP contribution in [0.5, 0.6) is 0 Å². The summed E-state index contributed by atoms with van der Waals surface area (Å²) in [4.78, 5) is 24.5. The Labute approximate surface area is 107 Å². The highest BCUT2D eigenvalue weighted by molar-refractivity contribution is 5.75. The monoisotopic (exact) mass is 255 g/mol. The molecule has 1 amide bonds. The topological polar surface area (TPSA) is 66.8 Å². The summed E-state index contributed by atoms with van der Waals surface area (Å²) in [5, 5.41) is 9.14. The molecule has 1 aliphatic heterocycles. The summed E-state index contributed by atoms with van der Waals surface area (Å²) in [6, 6.07) is 0. The summed E-state index contributed by atoms with van der Waals surface area (Å²) in [5.74, 6) is -1.68. The Morgan fingerprint density at radius 2 is 1.78 bits per heavy atom. The third kappa shape index (κ3) is 3.48. The Morgan fingerprint density at radius 1 is 1.28 bits per heavy atom. The maximum atomic E-state index is 11.9. The zero-order valence-corrected chi connectivity index (χ0v) is 11.4. The molecule has 1 rings (SSSR count). The van der Waals surface area contributed by atoms with Crippen LogP contribution in [0.3, 0.4) is 0 Å². The van der Waals surface area contributed by atoms with Gasteiger partial charge in [-0.25, -0.2) is 4.79 Å². The summed E-state index contributed by atoms with van der Waals surface area (Å²) in [7, 11) is 0. The van der Waals surface area contributed by atoms with Gasteiger partial charge in [-0.3, -0.25) is 4.79 Å². The first-order chi connectivity index (χ1) is 8.11. The highest BCUT2D eigenvalue weighted by Gasteiger charge is 2.41. The molecule has 18 heavy (non-hydrogen) atoms. The molecule has 1 fully saturated rings. The van der Waals surface area contributed by atoms with E-state index in [0.717, 1.165) is 5.57 Å². The molecule has 1 N–H and O–H groups in total. The van der Waals surface area contributed by atoms with Crippen LogP contribution in [0.15, 0.2) is 12.2 Å². The number of ether oxygens (including phenoxy) is 1. The van der Waals surface area contributed by atoms with E-state index in [1.54, 1.807) is 27.7 Å². The Hall–Kier alpha value is -1.52. The van der Waals surface area contributed by atoms with Crippen LogP contribution in [0.2, 0.25) is 0 Å². The van der Waals surface area contributed by atoms with E-state index >= 15 is 0 Å². The van der Waals surface area contributed by atoms with Crippen molar-refractivity contribution < 1.29 is 19.4 Å². The quantitative estimate of drug-likeness (QED) is 0.767. The summed E-state index contributed by atoms with van der Waals surface area (Å²) in [5.41, 5.74) is 0.213. The lowest BCUT2D eigenvalue weighted by molar-refractivity contribution is -0.142. The number of carbonyl (C=O) groups is 2. The number of carboxylic acids is 1. The molecule has 0 aliphatic carbocycles. The van der Waals surface area contributed by atoms with Crippen molar-refractivity contribution >= 4 is 12.1 Å². The Kier molecular flexibility index (Phi) is 4.04. The molecule has 0 aromatic heterocycles. The van der Waals surface area contributed by atoms with Gasteiger partial charge in [-0.2, -0.15) is 0 Å². The number of hydrogen-bond donors (Lipinski definition) is 1. The number of likely N-dealkylation sites (tertiary alicyclic amines) is 1. The second-order valence-corrected chi connectivity index (χ2v) is 5.78. The molecule has 0 aromatic rings. The van der Waals surface area contributed by atoms with Gasteiger partial charge < -0.3 is 14.7 Å². The van der Waals surface area contributed by atoms with Gasteiger partial charge in [0.05, 0.1) is 5.92 Å². The molecule has 5 nitrogen and oxygen atoms in total. The minimum Gasteiger partial charge on any atom is -0.481 e. The number of aliphatic carboxylic acids is 1. The second-order valence-electron chi connectivity index (χ2n) is 5.78. The van der Waals surface area contributed by atoms with E-state index in [-0.39, 0.29) is 12.5 Å². The summed E-state index contributed by atoms with van der Waals surface area (Å²) >= 11 is 0. The number of amides is 1. The average Bonchev–Trinajstić information content (AvgIpc) is 2.58. The fourth-order valence-corrected chi connectivity index (χ4v) is 2.03. The summed E-state index contributed by atoms with van der Waals surface area (Å²) in [6.07, 6.45) is -0.461. The minimum absolute atomic E-state index is 0.182. The van der Waals surface area contributed by atoms with Crippen molar-refractivity contribution in [3.63, 3.8) is 0 Å². The van der Waals surface area contributed by atoms with Gasteiger partial charge in [-0.15, -0.1) is 0 Å². The number of carboxylic acid groups (broad SMARTS) is 1. The van der Waals surface area contributed by atoms with Gasteiger partial charge in [0.25, 0.3) is 0 Å². The first-order valence-electron chi connectivity index (χ1n) is 5.98. The number of hydrogen-bond acceptors (Lipinski definition) is 3. The van der Waals surface area contributed by atoms with Crippen LogP contribution in [0.4, 0.5) is 4.79 Å². The van der Waals surface area contributed by atoms with E-state index in [2.05, 4.69) is 6.58 Å². The molecule has 0 saturated carbocycles. The van der Waals surface area contributed by atoms with Gasteiger partial charge in [0.1, 0.15) is 5.60 Å². The molecule has 5 heteroatoms. The normalized spacial score (nSPS) is 23.9. The molecule has 0 spiro atoms. The standard InChI is InChI=1S/C13H21NO4/c1-8(2)9-6-14(7-10(9)11(15)16)12(17)18-13(3,4)5/h9-10H,1,6-7H2,2-5H3,(H,15,16)/t9-,10-/m0/s1. The van der Waals surface area contributed by atoms with Gasteiger partial charge in [0, 0.05) is 19.0 Å². The average molecular weight is 255 g/mol. The molecule has 0 unspecified atom stereocenters. The Morgan fingerprint density at radius 3 is 2.11 bits per heavy atom. The maximum Gasteiger partial charge on any atom is 0.410 e. The van der Waals surface area contributed by atoms with Crippen LogP contribution < -0.4 is 0 Å². The zero-order chi connectivity index (χ0) is 14.1. The molecule has 2 atom stereocenters. The van der Waals surface area contributed by atoms with E-state index in [1.165, 1.54) is 4.90 Å². The van der Waals surface area contributed by atoms with Crippen LogP contribution >= 0.6 is 0 Å². The smallest absolute Gasteiger partial charge is 0.410 e. The summed E-state index contributed by atoms with van der Waals surface area (Å²) < 4.78 is 5.24. The van der Waals surface area contributed by atoms with Gasteiger partial charge in [-0.1, -0.05) is 12.2 Å². The largest absolute Gasteiger partial charge is 0.481 e. The molecular formula is C13H21NO4. The zero-order valence-electron chi connectivity index (χ0n) is 11.4. The van der Waals surface area contributed by atoms with E-state index in [1.807, 2.05) is 0 Å². The van der Waals surface area contributed by atoms with Crippen molar-refractivity contribution in [1.29, 1.82) is 0 Å². The first kappa shape index (κ1) is 14.5. The molecule has 0 bridgehead atoms. The van der Waals surface area contributed by atoms with Crippen molar-refractivity contribution in [3.05, 3.63) is 12.2 Å². The summed E-state index contributed by atoms with van der Waals surface area (Å²) in [6.45, 7) is 11.5. The van der Waals surface area contributed by atoms with Gasteiger partial charge in [0.2, 0.25) is 0 Å². The Balaban J connectivity index is 2.75. The lowest BCUT2D eigenvalue weighted by Gasteiger charge is -2.24. The van der Waals surface area contributed by atoms with E-state index in [0.29, 0.717) is 6.54 Å². The fourth-order valence-electron chi connectivity index (χ4n) is 2.03. The molecule has 102 valence electrons. The third-order valence-corrected chi connectivity index (χ3v) is 2.92. The van der Waals surface area contributed by atoms with Crippen LogP contribution in [0, 0.1) is 11.8 Å². The highest BCUT2D eigenvalue weighted by Crippen LogP contribution is 2.29. The van der Waals surface area contributed by atoms with E-state index in [4.69, 9.17) is 9.84 Å². The molecule has 1 heterocycles. The SMILES string of the molecule is C=C(C)[C@@H]1CN(C(=O)OC(C)(C)C)C[C@@H]1C(=O)O. The number of carbonyl (C=O) groups excluding carboxylic acids is 1. The molecule has 1 aliphatic rings. The molecule has 0 aromatic carbocycles. The maximum absolute atomic E-state index is 11.9. The highest BCUT2D eigenvalue weighted by atomic mass is 16.6. The molecule has 0 radical (unpaired) electrons. The Bertz CT molecular complexity index is 348. The minimum atomic E-state index is -0.894. The first-order valence-corrected chi connectivity index (χ1v) is 5.98. The number of rotatable bonds is 2. The lowest BCUT2D eigenvalue weighted by Crippen LogP contribution is -2.36. The predicted molar refractivity (Wildman–Crippen MR) is 67.2 cm³/mol. The van der Waals surface area contributed by atoms with Gasteiger partial charge >= 0.3 is 12.1 Å². The lowest BCUT2D eigenvalue weighted by atomic mass is 9.91. The number of nitrogens with zero attached hydrogens (tertiary/aromatic N) is 1. The van der Waals surface area contributed by atoms with E-state index in [9.17, 15) is 9.59 Å². The third-order valence-electron chi connectivity index (χ3n) is 2.92. The molecule has 1 saturated heterocycles. The molecular weight excluding hydrogens is 234 g/mol. The van der Waals surface area contributed by atoms with Crippen LogP contribution in [-0.2, 0) is 9.53 Å². The van der Waals surface area contributed by atoms with Crippen molar-refractivity contribution in [1.82, 2.24) is 4.90 Å². The van der Waals surface area contributed by atoms with Gasteiger partial charge in [-0.05, 0) is 27.7 Å². The van der Waals surface area contributed by atoms with E-state index < -0.39 is 23.6 Å². The van der Waals surface area contributed by atoms with Gasteiger partial charge in [0.15, 0.2) is 0 Å². The second kappa shape index (κ2) is 5.00. The van der Waals surface area contributed by atoms with Crippen LogP contribution in [-0.4, -0.2) is 40.8 Å². The van der Waals surface area contributed by atoms with Crippen LogP contribution in [0.1, 0.15) is 27.7 Å². The van der Waals surface area contributed by atoms with Crippen molar-refractivity contribution in [3.8, 4) is 0 Å². The van der Waals surface area contributed by atoms with Crippen LogP contribution in [0.25, 0.3) is 0 Å². The van der Waals surface area contributed by atoms with Crippen molar-refractivity contribution in [2.24, 2.45) is 11.8 Å². The predicted octanol–water partition coefficient (Wildman–Crippen LogP) is 2.13. The van der Waals surface area contributed by atoms with Crippen molar-refractivity contribution in [2.45, 2.75) is 33.3 Å². The van der Waals surface area contributed by atoms with Crippen molar-refractivity contribution in [2.75, 3.05) is 13.1 Å². The fraction of sp³-hybridized carbons (Fsp3) is 0.692.